The molecular formula is C25H32ClNO2. The summed E-state index contributed by atoms with van der Waals surface area (Å²) in [6, 6.07) is 23.5. The zero-order valence-electron chi connectivity index (χ0n) is 17.4. The number of hydrogen-bond acceptors (Lipinski definition) is 3. The fourth-order valence-electron chi connectivity index (χ4n) is 3.55. The summed E-state index contributed by atoms with van der Waals surface area (Å²) >= 11 is 0. The van der Waals surface area contributed by atoms with E-state index in [1.54, 1.807) is 0 Å². The maximum absolute atomic E-state index is 10.0. The average molecular weight is 414 g/mol. The number of fused-ring (bicyclic) bond motifs is 1. The van der Waals surface area contributed by atoms with Gasteiger partial charge in [-0.3, -0.25) is 0 Å². The SMILES string of the molecule is CN(C)CC(O)COc1ccccc1CCCCc1ccc2ccccc2c1.Cl. The van der Waals surface area contributed by atoms with E-state index < -0.39 is 6.10 Å². The van der Waals surface area contributed by atoms with Gasteiger partial charge in [-0.1, -0.05) is 60.7 Å². The normalized spacial score (nSPS) is 12.0. The van der Waals surface area contributed by atoms with Gasteiger partial charge in [0.15, 0.2) is 0 Å². The van der Waals surface area contributed by atoms with Crippen molar-refractivity contribution in [1.82, 2.24) is 4.90 Å². The molecule has 0 aromatic heterocycles. The molecule has 29 heavy (non-hydrogen) atoms. The highest BCUT2D eigenvalue weighted by atomic mass is 35.5. The van der Waals surface area contributed by atoms with E-state index in [1.165, 1.54) is 21.9 Å². The van der Waals surface area contributed by atoms with Crippen molar-refractivity contribution in [3.05, 3.63) is 77.9 Å². The van der Waals surface area contributed by atoms with Crippen LogP contribution in [0.1, 0.15) is 24.0 Å². The summed E-state index contributed by atoms with van der Waals surface area (Å²) in [5.74, 6) is 0.894. The Morgan fingerprint density at radius 2 is 1.55 bits per heavy atom. The van der Waals surface area contributed by atoms with Gasteiger partial charge < -0.3 is 14.7 Å². The first-order valence-electron chi connectivity index (χ1n) is 10.1. The molecule has 0 saturated carbocycles. The molecule has 0 saturated heterocycles. The monoisotopic (exact) mass is 413 g/mol. The lowest BCUT2D eigenvalue weighted by molar-refractivity contribution is 0.0827. The Kier molecular flexibility index (Phi) is 9.46. The minimum absolute atomic E-state index is 0. The molecule has 0 bridgehead atoms. The van der Waals surface area contributed by atoms with Crippen molar-refractivity contribution in [1.29, 1.82) is 0 Å². The van der Waals surface area contributed by atoms with Crippen molar-refractivity contribution in [2.75, 3.05) is 27.2 Å². The molecule has 0 aliphatic heterocycles. The average Bonchev–Trinajstić information content (AvgIpc) is 2.70. The molecule has 1 N–H and O–H groups in total. The van der Waals surface area contributed by atoms with E-state index in [9.17, 15) is 5.11 Å². The number of aliphatic hydroxyl groups excluding tert-OH is 1. The van der Waals surface area contributed by atoms with Crippen LogP contribution in [0.2, 0.25) is 0 Å². The molecule has 0 heterocycles. The molecule has 0 fully saturated rings. The van der Waals surface area contributed by atoms with Crippen molar-refractivity contribution in [2.24, 2.45) is 0 Å². The summed E-state index contributed by atoms with van der Waals surface area (Å²) in [4.78, 5) is 1.97. The summed E-state index contributed by atoms with van der Waals surface area (Å²) in [6.45, 7) is 0.931. The first-order valence-corrected chi connectivity index (χ1v) is 10.1. The zero-order chi connectivity index (χ0) is 19.8. The van der Waals surface area contributed by atoms with Crippen LogP contribution in [0.25, 0.3) is 10.8 Å². The third kappa shape index (κ3) is 7.36. The van der Waals surface area contributed by atoms with Gasteiger partial charge in [0.2, 0.25) is 0 Å². The van der Waals surface area contributed by atoms with Crippen molar-refractivity contribution in [3.63, 3.8) is 0 Å². The van der Waals surface area contributed by atoms with E-state index in [0.717, 1.165) is 31.4 Å². The fourth-order valence-corrected chi connectivity index (χ4v) is 3.55. The number of aliphatic hydroxyl groups is 1. The number of unbranched alkanes of at least 4 members (excludes halogenated alkanes) is 1. The summed E-state index contributed by atoms with van der Waals surface area (Å²) in [7, 11) is 3.90. The van der Waals surface area contributed by atoms with Gasteiger partial charge in [-0.05, 0) is 67.7 Å². The van der Waals surface area contributed by atoms with Crippen LogP contribution in [-0.2, 0) is 12.8 Å². The predicted octanol–water partition coefficient (Wildman–Crippen LogP) is 5.13. The third-order valence-electron chi connectivity index (χ3n) is 4.96. The van der Waals surface area contributed by atoms with E-state index in [2.05, 4.69) is 54.6 Å². The number of ether oxygens (including phenoxy) is 1. The van der Waals surface area contributed by atoms with Gasteiger partial charge >= 0.3 is 0 Å². The maximum atomic E-state index is 10.0. The van der Waals surface area contributed by atoms with Gasteiger partial charge in [-0.2, -0.15) is 0 Å². The molecule has 0 spiro atoms. The van der Waals surface area contributed by atoms with Crippen LogP contribution >= 0.6 is 12.4 Å². The van der Waals surface area contributed by atoms with Crippen molar-refractivity contribution < 1.29 is 9.84 Å². The van der Waals surface area contributed by atoms with Crippen LogP contribution in [0, 0.1) is 0 Å². The molecular weight excluding hydrogens is 382 g/mol. The summed E-state index contributed by atoms with van der Waals surface area (Å²) in [5.41, 5.74) is 2.62. The lowest BCUT2D eigenvalue weighted by Gasteiger charge is -2.18. The zero-order valence-corrected chi connectivity index (χ0v) is 18.2. The Hall–Kier alpha value is -2.07. The van der Waals surface area contributed by atoms with E-state index in [1.807, 2.05) is 31.1 Å². The van der Waals surface area contributed by atoms with Gasteiger partial charge in [0.05, 0.1) is 0 Å². The van der Waals surface area contributed by atoms with Crippen LogP contribution in [0.15, 0.2) is 66.7 Å². The molecule has 0 aliphatic rings. The number of halogens is 1. The Labute approximate surface area is 180 Å². The second-order valence-electron chi connectivity index (χ2n) is 7.72. The van der Waals surface area contributed by atoms with Crippen LogP contribution in [0.5, 0.6) is 5.75 Å². The lowest BCUT2D eigenvalue weighted by atomic mass is 10.0. The molecule has 0 radical (unpaired) electrons. The summed E-state index contributed by atoms with van der Waals surface area (Å²) < 4.78 is 5.89. The van der Waals surface area contributed by atoms with Crippen LogP contribution < -0.4 is 4.74 Å². The molecule has 3 rings (SSSR count). The molecule has 3 nitrogen and oxygen atoms in total. The van der Waals surface area contributed by atoms with Crippen molar-refractivity contribution >= 4 is 23.2 Å². The summed E-state index contributed by atoms with van der Waals surface area (Å²) in [6.07, 6.45) is 3.88. The molecule has 156 valence electrons. The topological polar surface area (TPSA) is 32.7 Å². The smallest absolute Gasteiger partial charge is 0.122 e. The Morgan fingerprint density at radius 1 is 0.862 bits per heavy atom. The molecule has 3 aromatic carbocycles. The quantitative estimate of drug-likeness (QED) is 0.468. The highest BCUT2D eigenvalue weighted by molar-refractivity contribution is 5.85. The third-order valence-corrected chi connectivity index (χ3v) is 4.96. The minimum atomic E-state index is -0.476. The maximum Gasteiger partial charge on any atom is 0.122 e. The first kappa shape index (κ1) is 23.2. The fraction of sp³-hybridized carbons (Fsp3) is 0.360. The first-order chi connectivity index (χ1) is 13.6. The Balaban J connectivity index is 0.00000300. The van der Waals surface area contributed by atoms with Crippen LogP contribution in [0.4, 0.5) is 0 Å². The van der Waals surface area contributed by atoms with Crippen molar-refractivity contribution in [3.8, 4) is 5.75 Å². The molecule has 1 unspecified atom stereocenters. The largest absolute Gasteiger partial charge is 0.491 e. The van der Waals surface area contributed by atoms with E-state index in [4.69, 9.17) is 4.74 Å². The number of hydrogen-bond donors (Lipinski definition) is 1. The molecule has 0 amide bonds. The number of nitrogens with zero attached hydrogens (tertiary/aromatic N) is 1. The second-order valence-corrected chi connectivity index (χ2v) is 7.72. The second kappa shape index (κ2) is 11.8. The number of aryl methyl sites for hydroxylation is 2. The summed E-state index contributed by atoms with van der Waals surface area (Å²) in [5, 5.41) is 12.6. The van der Waals surface area contributed by atoms with Gasteiger partial charge in [0.1, 0.15) is 18.5 Å². The van der Waals surface area contributed by atoms with E-state index in [-0.39, 0.29) is 12.4 Å². The predicted molar refractivity (Wildman–Crippen MR) is 124 cm³/mol. The standard InChI is InChI=1S/C25H31NO2.ClH/c1-26(2)18-24(27)19-28-25-14-8-7-12-22(25)11-4-3-9-20-15-16-21-10-5-6-13-23(21)17-20;/h5-8,10,12-17,24,27H,3-4,9,11,18-19H2,1-2H3;1H. The van der Waals surface area contributed by atoms with Crippen molar-refractivity contribution in [2.45, 2.75) is 31.8 Å². The number of benzene rings is 3. The van der Waals surface area contributed by atoms with Gasteiger partial charge in [0.25, 0.3) is 0 Å². The van der Waals surface area contributed by atoms with Crippen LogP contribution in [0.3, 0.4) is 0 Å². The van der Waals surface area contributed by atoms with Crippen LogP contribution in [-0.4, -0.2) is 43.4 Å². The van der Waals surface area contributed by atoms with Gasteiger partial charge in [-0.25, -0.2) is 0 Å². The number of para-hydroxylation sites is 1. The highest BCUT2D eigenvalue weighted by Gasteiger charge is 2.09. The highest BCUT2D eigenvalue weighted by Crippen LogP contribution is 2.22. The minimum Gasteiger partial charge on any atom is -0.491 e. The van der Waals surface area contributed by atoms with E-state index in [0.29, 0.717) is 13.2 Å². The Bertz CT molecular complexity index is 881. The number of rotatable bonds is 10. The number of likely N-dealkylation sites (N-methyl/N-ethyl adjacent to an activating group) is 1. The lowest BCUT2D eigenvalue weighted by Crippen LogP contribution is -2.30. The molecule has 4 heteroatoms. The molecule has 1 atom stereocenters. The molecule has 3 aromatic rings. The Morgan fingerprint density at radius 3 is 2.34 bits per heavy atom. The molecule has 0 aliphatic carbocycles. The van der Waals surface area contributed by atoms with Gasteiger partial charge in [0, 0.05) is 6.54 Å². The van der Waals surface area contributed by atoms with E-state index >= 15 is 0 Å². The van der Waals surface area contributed by atoms with Gasteiger partial charge in [-0.15, -0.1) is 12.4 Å².